The summed E-state index contributed by atoms with van der Waals surface area (Å²) in [6.45, 7) is 0. The molecule has 0 unspecified atom stereocenters. The zero-order valence-electron chi connectivity index (χ0n) is 8.38. The smallest absolute Gasteiger partial charge is 0.168 e. The number of anilines is 4. The molecule has 0 aliphatic carbocycles. The van der Waals surface area contributed by atoms with Gasteiger partial charge in [0.05, 0.1) is 0 Å². The van der Waals surface area contributed by atoms with Crippen LogP contribution in [0.1, 0.15) is 0 Å². The fraction of sp³-hybridized carbons (Fsp3) is 0. The van der Waals surface area contributed by atoms with Gasteiger partial charge in [-0.15, -0.1) is 0 Å². The summed E-state index contributed by atoms with van der Waals surface area (Å²) < 4.78 is 0. The maximum Gasteiger partial charge on any atom is 0.168 e. The van der Waals surface area contributed by atoms with Crippen LogP contribution in [0.15, 0.2) is 30.9 Å². The van der Waals surface area contributed by atoms with Gasteiger partial charge in [0.15, 0.2) is 11.6 Å². The highest BCUT2D eigenvalue weighted by molar-refractivity contribution is 5.77. The first-order chi connectivity index (χ1) is 7.81. The van der Waals surface area contributed by atoms with E-state index in [2.05, 4.69) is 25.7 Å². The van der Waals surface area contributed by atoms with Gasteiger partial charge in [-0.05, 0) is 12.1 Å². The lowest BCUT2D eigenvalue weighted by Gasteiger charge is -2.09. The zero-order chi connectivity index (χ0) is 11.4. The maximum absolute atomic E-state index is 5.80. The molecule has 0 bridgehead atoms. The molecular formula is C9H11N7. The van der Waals surface area contributed by atoms with Gasteiger partial charge in [0.2, 0.25) is 0 Å². The van der Waals surface area contributed by atoms with Crippen molar-refractivity contribution in [1.82, 2.24) is 15.0 Å². The van der Waals surface area contributed by atoms with Crippen molar-refractivity contribution < 1.29 is 0 Å². The average molecular weight is 217 g/mol. The molecule has 0 fully saturated rings. The molecule has 82 valence electrons. The molecule has 0 saturated heterocycles. The van der Waals surface area contributed by atoms with Crippen LogP contribution in [0, 0.1) is 0 Å². The van der Waals surface area contributed by atoms with E-state index < -0.39 is 0 Å². The largest absolute Gasteiger partial charge is 0.393 e. The van der Waals surface area contributed by atoms with E-state index >= 15 is 0 Å². The summed E-state index contributed by atoms with van der Waals surface area (Å²) in [4.78, 5) is 11.8. The first-order valence-electron chi connectivity index (χ1n) is 4.55. The van der Waals surface area contributed by atoms with Crippen molar-refractivity contribution >= 4 is 23.0 Å². The minimum absolute atomic E-state index is 0.363. The standard InChI is InChI=1S/C9H11N7/c10-7-8(13-5-14-9(7)16-11)15-6-1-3-12-4-2-6/h1-5H,10-11H2,(H2,12,13,14,15,16). The molecule has 6 N–H and O–H groups in total. The van der Waals surface area contributed by atoms with Crippen molar-refractivity contribution in [3.8, 4) is 0 Å². The van der Waals surface area contributed by atoms with Gasteiger partial charge in [-0.3, -0.25) is 4.98 Å². The molecule has 2 aromatic heterocycles. The molecule has 0 aliphatic rings. The molecule has 7 nitrogen and oxygen atoms in total. The Morgan fingerprint density at radius 1 is 1.06 bits per heavy atom. The Kier molecular flexibility index (Phi) is 2.79. The Balaban J connectivity index is 2.28. The van der Waals surface area contributed by atoms with Gasteiger partial charge in [-0.1, -0.05) is 0 Å². The fourth-order valence-corrected chi connectivity index (χ4v) is 1.18. The lowest BCUT2D eigenvalue weighted by Crippen LogP contribution is -2.12. The lowest BCUT2D eigenvalue weighted by molar-refractivity contribution is 1.14. The number of pyridine rings is 1. The number of nitrogens with one attached hydrogen (secondary N) is 2. The van der Waals surface area contributed by atoms with E-state index in [0.717, 1.165) is 5.69 Å². The molecule has 0 spiro atoms. The lowest BCUT2D eigenvalue weighted by atomic mass is 10.3. The van der Waals surface area contributed by atoms with Crippen LogP contribution in [0.4, 0.5) is 23.0 Å². The summed E-state index contributed by atoms with van der Waals surface area (Å²) in [7, 11) is 0. The third-order valence-corrected chi connectivity index (χ3v) is 1.96. The van der Waals surface area contributed by atoms with Crippen molar-refractivity contribution in [1.29, 1.82) is 0 Å². The zero-order valence-corrected chi connectivity index (χ0v) is 8.38. The Hall–Kier alpha value is -2.41. The van der Waals surface area contributed by atoms with Gasteiger partial charge in [0.25, 0.3) is 0 Å². The van der Waals surface area contributed by atoms with E-state index in [-0.39, 0.29) is 0 Å². The summed E-state index contributed by atoms with van der Waals surface area (Å²) in [5.74, 6) is 6.13. The van der Waals surface area contributed by atoms with Crippen LogP contribution in [0.5, 0.6) is 0 Å². The quantitative estimate of drug-likeness (QED) is 0.436. The van der Waals surface area contributed by atoms with Crippen LogP contribution in [-0.2, 0) is 0 Å². The van der Waals surface area contributed by atoms with Gasteiger partial charge in [-0.2, -0.15) is 0 Å². The van der Waals surface area contributed by atoms with Crippen molar-refractivity contribution in [2.24, 2.45) is 5.84 Å². The summed E-state index contributed by atoms with van der Waals surface area (Å²) in [6.07, 6.45) is 4.71. The number of hydrazine groups is 1. The van der Waals surface area contributed by atoms with Crippen LogP contribution < -0.4 is 22.3 Å². The highest BCUT2D eigenvalue weighted by Gasteiger charge is 2.06. The molecular weight excluding hydrogens is 206 g/mol. The number of nitrogens with zero attached hydrogens (tertiary/aromatic N) is 3. The number of hydrogen-bond acceptors (Lipinski definition) is 7. The molecule has 2 aromatic rings. The van der Waals surface area contributed by atoms with Crippen LogP contribution in [0.2, 0.25) is 0 Å². The maximum atomic E-state index is 5.80. The number of nitrogen functional groups attached to an aromatic ring is 2. The number of aromatic nitrogens is 3. The van der Waals surface area contributed by atoms with Crippen molar-refractivity contribution in [3.05, 3.63) is 30.9 Å². The highest BCUT2D eigenvalue weighted by Crippen LogP contribution is 2.24. The van der Waals surface area contributed by atoms with Gasteiger partial charge in [0.1, 0.15) is 12.0 Å². The molecule has 16 heavy (non-hydrogen) atoms. The van der Waals surface area contributed by atoms with Crippen LogP contribution in [0.3, 0.4) is 0 Å². The van der Waals surface area contributed by atoms with Gasteiger partial charge >= 0.3 is 0 Å². The molecule has 2 rings (SSSR count). The average Bonchev–Trinajstić information content (AvgIpc) is 2.33. The molecule has 0 saturated carbocycles. The van der Waals surface area contributed by atoms with E-state index in [9.17, 15) is 0 Å². The van der Waals surface area contributed by atoms with Gasteiger partial charge in [0, 0.05) is 18.1 Å². The minimum Gasteiger partial charge on any atom is -0.393 e. The Morgan fingerprint density at radius 2 is 1.75 bits per heavy atom. The first-order valence-corrected chi connectivity index (χ1v) is 4.55. The highest BCUT2D eigenvalue weighted by atomic mass is 15.3. The fourth-order valence-electron chi connectivity index (χ4n) is 1.18. The second kappa shape index (κ2) is 4.41. The van der Waals surface area contributed by atoms with Gasteiger partial charge in [-0.25, -0.2) is 15.8 Å². The van der Waals surface area contributed by atoms with E-state index in [1.165, 1.54) is 6.33 Å². The summed E-state index contributed by atoms with van der Waals surface area (Å²) in [5.41, 5.74) is 9.39. The molecule has 7 heteroatoms. The third kappa shape index (κ3) is 1.98. The monoisotopic (exact) mass is 217 g/mol. The molecule has 0 amide bonds. The molecule has 0 aliphatic heterocycles. The van der Waals surface area contributed by atoms with Crippen molar-refractivity contribution in [3.63, 3.8) is 0 Å². The Labute approximate surface area is 91.9 Å². The predicted molar refractivity (Wildman–Crippen MR) is 61.8 cm³/mol. The minimum atomic E-state index is 0.363. The SMILES string of the molecule is NNc1ncnc(Nc2ccncc2)c1N. The van der Waals surface area contributed by atoms with Crippen LogP contribution in [0.25, 0.3) is 0 Å². The summed E-state index contributed by atoms with van der Waals surface area (Å²) >= 11 is 0. The predicted octanol–water partition coefficient (Wildman–Crippen LogP) is 0.483. The van der Waals surface area contributed by atoms with E-state index in [4.69, 9.17) is 11.6 Å². The Morgan fingerprint density at radius 3 is 2.44 bits per heavy atom. The molecule has 0 radical (unpaired) electrons. The topological polar surface area (TPSA) is 115 Å². The Bertz CT molecular complexity index is 471. The van der Waals surface area contributed by atoms with Crippen molar-refractivity contribution in [2.75, 3.05) is 16.5 Å². The summed E-state index contributed by atoms with van der Waals surface area (Å²) in [6, 6.07) is 3.61. The van der Waals surface area contributed by atoms with Crippen LogP contribution >= 0.6 is 0 Å². The van der Waals surface area contributed by atoms with E-state index in [0.29, 0.717) is 17.3 Å². The third-order valence-electron chi connectivity index (χ3n) is 1.96. The van der Waals surface area contributed by atoms with E-state index in [1.807, 2.05) is 0 Å². The molecule has 2 heterocycles. The number of nitrogens with two attached hydrogens (primary N) is 2. The van der Waals surface area contributed by atoms with E-state index in [1.54, 1.807) is 24.5 Å². The second-order valence-corrected chi connectivity index (χ2v) is 2.99. The van der Waals surface area contributed by atoms with Gasteiger partial charge < -0.3 is 16.5 Å². The first kappa shape index (κ1) is 10.1. The van der Waals surface area contributed by atoms with Crippen molar-refractivity contribution in [2.45, 2.75) is 0 Å². The summed E-state index contributed by atoms with van der Waals surface area (Å²) in [5, 5.41) is 3.04. The normalized spacial score (nSPS) is 9.81. The number of rotatable bonds is 3. The number of hydrogen-bond donors (Lipinski definition) is 4. The second-order valence-electron chi connectivity index (χ2n) is 2.99. The van der Waals surface area contributed by atoms with Crippen LogP contribution in [-0.4, -0.2) is 15.0 Å². The molecule has 0 aromatic carbocycles. The molecule has 0 atom stereocenters.